The van der Waals surface area contributed by atoms with Gasteiger partial charge in [0.2, 0.25) is 0 Å². The largest absolute Gasteiger partial charge is 0.387 e. The Hall–Kier alpha value is -1.65. The lowest BCUT2D eigenvalue weighted by molar-refractivity contribution is 0.170. The minimum Gasteiger partial charge on any atom is -0.387 e. The normalized spacial score (nSPS) is 14.4. The molecule has 0 bridgehead atoms. The van der Waals surface area contributed by atoms with Crippen LogP contribution in [-0.2, 0) is 7.05 Å². The van der Waals surface area contributed by atoms with Gasteiger partial charge in [0.25, 0.3) is 0 Å². The Labute approximate surface area is 107 Å². The molecule has 0 aliphatic heterocycles. The topological polar surface area (TPSA) is 50.1 Å². The first-order valence-corrected chi connectivity index (χ1v) is 6.13. The molecule has 1 aromatic heterocycles. The van der Waals surface area contributed by atoms with Crippen molar-refractivity contribution < 1.29 is 5.11 Å². The van der Waals surface area contributed by atoms with Crippen LogP contribution in [-0.4, -0.2) is 21.4 Å². The molecule has 4 nitrogen and oxygen atoms in total. The molecule has 2 N–H and O–H groups in total. The number of rotatable bonds is 5. The minimum absolute atomic E-state index is 0.163. The van der Waals surface area contributed by atoms with Crippen LogP contribution in [0.1, 0.15) is 30.3 Å². The SMILES string of the molecule is CC(NCC(O)c1ccccc1)c1ccnn1C. The molecule has 0 radical (unpaired) electrons. The lowest BCUT2D eigenvalue weighted by Gasteiger charge is -2.17. The fraction of sp³-hybridized carbons (Fsp3) is 0.357. The van der Waals surface area contributed by atoms with E-state index in [1.807, 2.05) is 48.1 Å². The molecule has 96 valence electrons. The highest BCUT2D eigenvalue weighted by atomic mass is 16.3. The maximum absolute atomic E-state index is 10.1. The van der Waals surface area contributed by atoms with Gasteiger partial charge in [-0.2, -0.15) is 5.10 Å². The Morgan fingerprint density at radius 1 is 1.28 bits per heavy atom. The molecule has 2 aromatic rings. The number of aliphatic hydroxyl groups is 1. The van der Waals surface area contributed by atoms with Crippen molar-refractivity contribution in [2.24, 2.45) is 7.05 Å². The molecule has 4 heteroatoms. The first-order valence-electron chi connectivity index (χ1n) is 6.13. The van der Waals surface area contributed by atoms with E-state index in [1.54, 1.807) is 6.20 Å². The summed E-state index contributed by atoms with van der Waals surface area (Å²) >= 11 is 0. The molecule has 0 spiro atoms. The maximum Gasteiger partial charge on any atom is 0.0914 e. The van der Waals surface area contributed by atoms with Gasteiger partial charge in [0.15, 0.2) is 0 Å². The van der Waals surface area contributed by atoms with E-state index < -0.39 is 6.10 Å². The summed E-state index contributed by atoms with van der Waals surface area (Å²) in [6.07, 6.45) is 1.29. The maximum atomic E-state index is 10.1. The van der Waals surface area contributed by atoms with Gasteiger partial charge in [0.05, 0.1) is 11.8 Å². The summed E-state index contributed by atoms with van der Waals surface area (Å²) in [6.45, 7) is 2.59. The Kier molecular flexibility index (Phi) is 4.12. The summed E-state index contributed by atoms with van der Waals surface area (Å²) in [7, 11) is 1.92. The van der Waals surface area contributed by atoms with Gasteiger partial charge in [-0.25, -0.2) is 0 Å². The number of benzene rings is 1. The number of hydrogen-bond acceptors (Lipinski definition) is 3. The molecule has 0 saturated heterocycles. The van der Waals surface area contributed by atoms with Crippen LogP contribution in [0.3, 0.4) is 0 Å². The molecule has 0 aliphatic carbocycles. The van der Waals surface area contributed by atoms with E-state index in [0.717, 1.165) is 11.3 Å². The van der Waals surface area contributed by atoms with Gasteiger partial charge < -0.3 is 10.4 Å². The van der Waals surface area contributed by atoms with E-state index in [4.69, 9.17) is 0 Å². The summed E-state index contributed by atoms with van der Waals surface area (Å²) in [5, 5.41) is 17.5. The predicted molar refractivity (Wildman–Crippen MR) is 71.0 cm³/mol. The van der Waals surface area contributed by atoms with Gasteiger partial charge in [-0.3, -0.25) is 4.68 Å². The molecule has 2 rings (SSSR count). The molecule has 0 fully saturated rings. The Morgan fingerprint density at radius 2 is 2.00 bits per heavy atom. The molecule has 2 unspecified atom stereocenters. The summed E-state index contributed by atoms with van der Waals surface area (Å²) in [6, 6.07) is 11.8. The number of aryl methyl sites for hydroxylation is 1. The highest BCUT2D eigenvalue weighted by molar-refractivity contribution is 5.17. The predicted octanol–water partition coefficient (Wildman–Crippen LogP) is 1.80. The van der Waals surface area contributed by atoms with Crippen molar-refractivity contribution in [2.45, 2.75) is 19.1 Å². The van der Waals surface area contributed by atoms with Crippen LogP contribution in [0.5, 0.6) is 0 Å². The van der Waals surface area contributed by atoms with Crippen LogP contribution in [0.4, 0.5) is 0 Å². The third-order valence-corrected chi connectivity index (χ3v) is 3.10. The number of hydrogen-bond donors (Lipinski definition) is 2. The Balaban J connectivity index is 1.90. The second-order valence-corrected chi connectivity index (χ2v) is 4.44. The third-order valence-electron chi connectivity index (χ3n) is 3.10. The van der Waals surface area contributed by atoms with Crippen molar-refractivity contribution >= 4 is 0 Å². The van der Waals surface area contributed by atoms with Crippen LogP contribution < -0.4 is 5.32 Å². The highest BCUT2D eigenvalue weighted by Crippen LogP contribution is 2.14. The molecule has 0 saturated carbocycles. The fourth-order valence-corrected chi connectivity index (χ4v) is 1.99. The van der Waals surface area contributed by atoms with E-state index in [2.05, 4.69) is 17.3 Å². The van der Waals surface area contributed by atoms with Crippen molar-refractivity contribution in [3.63, 3.8) is 0 Å². The van der Waals surface area contributed by atoms with Gasteiger partial charge in [-0.15, -0.1) is 0 Å². The van der Waals surface area contributed by atoms with E-state index >= 15 is 0 Å². The first-order chi connectivity index (χ1) is 8.68. The summed E-state index contributed by atoms with van der Waals surface area (Å²) < 4.78 is 1.84. The molecule has 18 heavy (non-hydrogen) atoms. The van der Waals surface area contributed by atoms with Gasteiger partial charge in [-0.1, -0.05) is 30.3 Å². The van der Waals surface area contributed by atoms with Crippen LogP contribution in [0.2, 0.25) is 0 Å². The van der Waals surface area contributed by atoms with Crippen LogP contribution in [0.25, 0.3) is 0 Å². The zero-order valence-corrected chi connectivity index (χ0v) is 10.7. The molecule has 0 aliphatic rings. The highest BCUT2D eigenvalue weighted by Gasteiger charge is 2.12. The van der Waals surface area contributed by atoms with E-state index in [0.29, 0.717) is 6.54 Å². The molecule has 1 aromatic carbocycles. The number of aromatic nitrogens is 2. The summed E-state index contributed by atoms with van der Waals surface area (Å²) in [5.41, 5.74) is 2.04. The lowest BCUT2D eigenvalue weighted by Crippen LogP contribution is -2.26. The van der Waals surface area contributed by atoms with E-state index in [1.165, 1.54) is 0 Å². The van der Waals surface area contributed by atoms with Gasteiger partial charge in [0.1, 0.15) is 0 Å². The second-order valence-electron chi connectivity index (χ2n) is 4.44. The molecular formula is C14H19N3O. The van der Waals surface area contributed by atoms with Crippen molar-refractivity contribution in [1.29, 1.82) is 0 Å². The monoisotopic (exact) mass is 245 g/mol. The fourth-order valence-electron chi connectivity index (χ4n) is 1.99. The van der Waals surface area contributed by atoms with Crippen LogP contribution >= 0.6 is 0 Å². The van der Waals surface area contributed by atoms with Crippen molar-refractivity contribution in [3.05, 3.63) is 53.9 Å². The van der Waals surface area contributed by atoms with Crippen LogP contribution in [0.15, 0.2) is 42.6 Å². The quantitative estimate of drug-likeness (QED) is 0.844. The zero-order chi connectivity index (χ0) is 13.0. The van der Waals surface area contributed by atoms with Gasteiger partial charge in [-0.05, 0) is 18.6 Å². The van der Waals surface area contributed by atoms with Gasteiger partial charge >= 0.3 is 0 Å². The summed E-state index contributed by atoms with van der Waals surface area (Å²) in [4.78, 5) is 0. The zero-order valence-electron chi connectivity index (χ0n) is 10.7. The van der Waals surface area contributed by atoms with Gasteiger partial charge in [0, 0.05) is 25.8 Å². The van der Waals surface area contributed by atoms with E-state index in [9.17, 15) is 5.11 Å². The number of nitrogens with zero attached hydrogens (tertiary/aromatic N) is 2. The molecular weight excluding hydrogens is 226 g/mol. The summed E-state index contributed by atoms with van der Waals surface area (Å²) in [5.74, 6) is 0. The van der Waals surface area contributed by atoms with Crippen molar-refractivity contribution in [2.75, 3.05) is 6.54 Å². The lowest BCUT2D eigenvalue weighted by atomic mass is 10.1. The van der Waals surface area contributed by atoms with Crippen LogP contribution in [0, 0.1) is 0 Å². The number of nitrogens with one attached hydrogen (secondary N) is 1. The third kappa shape index (κ3) is 2.97. The second kappa shape index (κ2) is 5.80. The smallest absolute Gasteiger partial charge is 0.0914 e. The van der Waals surface area contributed by atoms with Crippen molar-refractivity contribution in [1.82, 2.24) is 15.1 Å². The standard InChI is InChI=1S/C14H19N3O/c1-11(13-8-9-16-17(13)2)15-10-14(18)12-6-4-3-5-7-12/h3-9,11,14-15,18H,10H2,1-2H3. The molecule has 1 heterocycles. The average Bonchev–Trinajstić information content (AvgIpc) is 2.83. The van der Waals surface area contributed by atoms with Crippen molar-refractivity contribution in [3.8, 4) is 0 Å². The first kappa shape index (κ1) is 12.8. The Morgan fingerprint density at radius 3 is 2.61 bits per heavy atom. The molecule has 2 atom stereocenters. The Bertz CT molecular complexity index is 481. The molecule has 0 amide bonds. The average molecular weight is 245 g/mol. The van der Waals surface area contributed by atoms with E-state index in [-0.39, 0.29) is 6.04 Å². The number of aliphatic hydroxyl groups excluding tert-OH is 1. The minimum atomic E-state index is -0.484.